The molecule has 1 heterocycles. The zero-order valence-corrected chi connectivity index (χ0v) is 17.0. The second-order valence-corrected chi connectivity index (χ2v) is 6.38. The van der Waals surface area contributed by atoms with Crippen LogP contribution < -0.4 is 15.2 Å². The summed E-state index contributed by atoms with van der Waals surface area (Å²) in [7, 11) is 4.63. The number of benzene rings is 2. The highest BCUT2D eigenvalue weighted by molar-refractivity contribution is 5.98. The van der Waals surface area contributed by atoms with Gasteiger partial charge in [0.05, 0.1) is 18.5 Å². The van der Waals surface area contributed by atoms with Crippen molar-refractivity contribution in [3.63, 3.8) is 0 Å². The molecule has 152 valence electrons. The molecule has 2 aromatic carbocycles. The number of nitrogens with zero attached hydrogens (tertiary/aromatic N) is 5. The topological polar surface area (TPSA) is 92.8 Å². The summed E-state index contributed by atoms with van der Waals surface area (Å²) in [6, 6.07) is 11.2. The number of ether oxygens (including phenoxy) is 2. The summed E-state index contributed by atoms with van der Waals surface area (Å²) in [5.41, 5.74) is 3.69. The van der Waals surface area contributed by atoms with Gasteiger partial charge in [-0.05, 0) is 54.1 Å². The first-order valence-electron chi connectivity index (χ1n) is 8.93. The van der Waals surface area contributed by atoms with Gasteiger partial charge in [0.1, 0.15) is 13.7 Å². The first-order valence-corrected chi connectivity index (χ1v) is 8.93. The molecule has 9 nitrogen and oxygen atoms in total. The second kappa shape index (κ2) is 8.59. The van der Waals surface area contributed by atoms with Crippen LogP contribution in [0.3, 0.4) is 0 Å². The van der Waals surface area contributed by atoms with E-state index in [1.54, 1.807) is 14.2 Å². The van der Waals surface area contributed by atoms with Crippen molar-refractivity contribution in [3.05, 3.63) is 63.6 Å². The largest absolute Gasteiger partial charge is 0.493 e. The number of hydrogen-bond acceptors (Lipinski definition) is 7. The summed E-state index contributed by atoms with van der Waals surface area (Å²) in [4.78, 5) is 17.1. The van der Waals surface area contributed by atoms with E-state index in [4.69, 9.17) is 14.3 Å². The third-order valence-electron chi connectivity index (χ3n) is 4.52. The van der Waals surface area contributed by atoms with Crippen LogP contribution in [0.25, 0.3) is 5.69 Å². The van der Waals surface area contributed by atoms with Crippen LogP contribution in [-0.2, 0) is 18.5 Å². The molecule has 9 heteroatoms. The molecule has 0 radical (unpaired) electrons. The van der Waals surface area contributed by atoms with E-state index in [1.165, 1.54) is 16.5 Å². The van der Waals surface area contributed by atoms with Crippen LogP contribution in [0.2, 0.25) is 0 Å². The Morgan fingerprint density at radius 2 is 1.93 bits per heavy atom. The molecule has 29 heavy (non-hydrogen) atoms. The molecule has 0 bridgehead atoms. The van der Waals surface area contributed by atoms with Gasteiger partial charge < -0.3 is 14.3 Å². The summed E-state index contributed by atoms with van der Waals surface area (Å²) in [5, 5.41) is 11.7. The summed E-state index contributed by atoms with van der Waals surface area (Å²) in [5.74, 6) is 1.14. The number of tetrazole rings is 1. The summed E-state index contributed by atoms with van der Waals surface area (Å²) < 4.78 is 13.9. The van der Waals surface area contributed by atoms with E-state index in [2.05, 4.69) is 15.6 Å². The Bertz CT molecular complexity index is 1100. The molecular weight excluding hydrogens is 374 g/mol. The van der Waals surface area contributed by atoms with Gasteiger partial charge in [-0.15, -0.1) is 0 Å². The monoisotopic (exact) mass is 397 g/mol. The Balaban J connectivity index is 1.92. The van der Waals surface area contributed by atoms with Crippen molar-refractivity contribution in [1.82, 2.24) is 19.8 Å². The van der Waals surface area contributed by atoms with Crippen molar-refractivity contribution in [2.45, 2.75) is 20.5 Å². The smallest absolute Gasteiger partial charge is 0.368 e. The van der Waals surface area contributed by atoms with E-state index in [9.17, 15) is 4.79 Å². The molecular formula is C20H23N5O4. The fourth-order valence-electron chi connectivity index (χ4n) is 2.89. The number of methoxy groups -OCH3 is 1. The lowest BCUT2D eigenvalue weighted by Crippen LogP contribution is -2.23. The fourth-order valence-corrected chi connectivity index (χ4v) is 2.89. The molecule has 0 atom stereocenters. The Morgan fingerprint density at radius 3 is 2.59 bits per heavy atom. The molecule has 0 aliphatic rings. The van der Waals surface area contributed by atoms with E-state index in [1.807, 2.05) is 50.2 Å². The quantitative estimate of drug-likeness (QED) is 0.448. The maximum Gasteiger partial charge on any atom is 0.368 e. The Labute approximate surface area is 168 Å². The summed E-state index contributed by atoms with van der Waals surface area (Å²) in [6.07, 6.45) is 0. The van der Waals surface area contributed by atoms with Crippen LogP contribution in [0.4, 0.5) is 0 Å². The van der Waals surface area contributed by atoms with Crippen LogP contribution in [0.5, 0.6) is 11.5 Å². The van der Waals surface area contributed by atoms with Gasteiger partial charge in [0.2, 0.25) is 0 Å². The van der Waals surface area contributed by atoms with Gasteiger partial charge in [-0.2, -0.15) is 9.36 Å². The van der Waals surface area contributed by atoms with Crippen molar-refractivity contribution in [1.29, 1.82) is 0 Å². The normalized spacial score (nSPS) is 11.4. The highest BCUT2D eigenvalue weighted by Gasteiger charge is 2.15. The Kier molecular flexibility index (Phi) is 5.96. The van der Waals surface area contributed by atoms with Gasteiger partial charge in [-0.1, -0.05) is 17.3 Å². The third kappa shape index (κ3) is 4.13. The minimum atomic E-state index is -0.327. The van der Waals surface area contributed by atoms with Gasteiger partial charge in [-0.25, -0.2) is 4.79 Å². The molecule has 0 unspecified atom stereocenters. The molecule has 0 fully saturated rings. The number of rotatable bonds is 7. The van der Waals surface area contributed by atoms with E-state index < -0.39 is 0 Å². The first kappa shape index (κ1) is 20.1. The van der Waals surface area contributed by atoms with Gasteiger partial charge >= 0.3 is 5.69 Å². The SMILES string of the molecule is CO/N=C(\C)c1ccc(OCc2c(C)cccc2-n2nnn(C)c2=O)c(OC)c1. The first-order chi connectivity index (χ1) is 14.0. The average Bonchev–Trinajstić information content (AvgIpc) is 3.05. The number of hydrogen-bond donors (Lipinski definition) is 0. The second-order valence-electron chi connectivity index (χ2n) is 6.38. The lowest BCUT2D eigenvalue weighted by molar-refractivity contribution is 0.213. The van der Waals surface area contributed by atoms with Crippen molar-refractivity contribution in [2.75, 3.05) is 14.2 Å². The van der Waals surface area contributed by atoms with Gasteiger partial charge in [0, 0.05) is 18.2 Å². The van der Waals surface area contributed by atoms with Gasteiger partial charge in [-0.3, -0.25) is 0 Å². The Hall–Kier alpha value is -3.62. The highest BCUT2D eigenvalue weighted by atomic mass is 16.6. The zero-order valence-electron chi connectivity index (χ0n) is 17.0. The molecule has 0 spiro atoms. The fraction of sp³-hybridized carbons (Fsp3) is 0.300. The van der Waals surface area contributed by atoms with Crippen molar-refractivity contribution in [3.8, 4) is 17.2 Å². The number of aromatic nitrogens is 4. The number of aryl methyl sites for hydroxylation is 2. The lowest BCUT2D eigenvalue weighted by atomic mass is 10.1. The molecule has 0 saturated heterocycles. The highest BCUT2D eigenvalue weighted by Crippen LogP contribution is 2.30. The molecule has 3 rings (SSSR count). The van der Waals surface area contributed by atoms with Crippen LogP contribution in [0.1, 0.15) is 23.6 Å². The zero-order chi connectivity index (χ0) is 21.0. The van der Waals surface area contributed by atoms with Crippen molar-refractivity contribution >= 4 is 5.71 Å². The van der Waals surface area contributed by atoms with Crippen LogP contribution in [0.15, 0.2) is 46.3 Å². The van der Waals surface area contributed by atoms with E-state index >= 15 is 0 Å². The predicted octanol–water partition coefficient (Wildman–Crippen LogP) is 2.23. The third-order valence-corrected chi connectivity index (χ3v) is 4.52. The molecule has 1 aromatic heterocycles. The lowest BCUT2D eigenvalue weighted by Gasteiger charge is -2.15. The van der Waals surface area contributed by atoms with E-state index in [0.717, 1.165) is 22.4 Å². The molecule has 0 saturated carbocycles. The van der Waals surface area contributed by atoms with Gasteiger partial charge in [0.25, 0.3) is 0 Å². The van der Waals surface area contributed by atoms with E-state index in [0.29, 0.717) is 17.2 Å². The number of oxime groups is 1. The molecule has 0 aliphatic heterocycles. The predicted molar refractivity (Wildman–Crippen MR) is 108 cm³/mol. The maximum absolute atomic E-state index is 12.3. The average molecular weight is 397 g/mol. The minimum absolute atomic E-state index is 0.228. The summed E-state index contributed by atoms with van der Waals surface area (Å²) in [6.45, 7) is 4.03. The van der Waals surface area contributed by atoms with Crippen molar-refractivity contribution in [2.24, 2.45) is 12.2 Å². The molecule has 0 N–H and O–H groups in total. The van der Waals surface area contributed by atoms with E-state index in [-0.39, 0.29) is 12.3 Å². The summed E-state index contributed by atoms with van der Waals surface area (Å²) >= 11 is 0. The maximum atomic E-state index is 12.3. The van der Waals surface area contributed by atoms with Crippen LogP contribution >= 0.6 is 0 Å². The van der Waals surface area contributed by atoms with Gasteiger partial charge in [0.15, 0.2) is 11.5 Å². The molecule has 3 aromatic rings. The Morgan fingerprint density at radius 1 is 1.14 bits per heavy atom. The molecule has 0 aliphatic carbocycles. The van der Waals surface area contributed by atoms with Crippen LogP contribution in [0, 0.1) is 6.92 Å². The minimum Gasteiger partial charge on any atom is -0.493 e. The van der Waals surface area contributed by atoms with Crippen molar-refractivity contribution < 1.29 is 14.3 Å². The van der Waals surface area contributed by atoms with Crippen LogP contribution in [-0.4, -0.2) is 39.7 Å². The molecule has 0 amide bonds. The standard InChI is InChI=1S/C20H23N5O4/c1-13-7-6-8-17(25-20(26)24(3)22-23-25)16(13)12-29-18-10-9-15(11-19(18)27-4)14(2)21-28-5/h6-11H,12H2,1-5H3/b21-14+.